The Morgan fingerprint density at radius 1 is 1.00 bits per heavy atom. The highest BCUT2D eigenvalue weighted by atomic mass is 16.7. The summed E-state index contributed by atoms with van der Waals surface area (Å²) in [6.07, 6.45) is 2.59. The molecule has 3 rings (SSSR count). The van der Waals surface area contributed by atoms with Crippen molar-refractivity contribution in [1.29, 1.82) is 0 Å². The fourth-order valence-electron chi connectivity index (χ4n) is 4.46. The summed E-state index contributed by atoms with van der Waals surface area (Å²) in [7, 11) is 0. The zero-order valence-electron chi connectivity index (χ0n) is 13.4. The summed E-state index contributed by atoms with van der Waals surface area (Å²) in [5, 5.41) is 0. The summed E-state index contributed by atoms with van der Waals surface area (Å²) in [6, 6.07) is 0. The molecule has 2 aliphatic carbocycles. The van der Waals surface area contributed by atoms with E-state index in [0.717, 1.165) is 12.0 Å². The van der Waals surface area contributed by atoms with Gasteiger partial charge in [0.05, 0.1) is 13.2 Å². The minimum absolute atomic E-state index is 0.263. The molecule has 1 saturated carbocycles. The average molecular weight is 292 g/mol. The third-order valence-electron chi connectivity index (χ3n) is 5.32. The van der Waals surface area contributed by atoms with E-state index in [0.29, 0.717) is 38.0 Å². The highest BCUT2D eigenvalue weighted by Crippen LogP contribution is 2.52. The molecule has 4 nitrogen and oxygen atoms in total. The number of carbonyl (C=O) groups excluding carboxylic acids is 2. The van der Waals surface area contributed by atoms with Crippen LogP contribution in [0.5, 0.6) is 0 Å². The number of Topliss-reactive ketones (excluding diaryl/α,β-unsaturated/α-hetero) is 2. The van der Waals surface area contributed by atoms with Gasteiger partial charge in [-0.05, 0) is 25.2 Å². The first-order valence-corrected chi connectivity index (χ1v) is 7.77. The molecule has 0 aromatic heterocycles. The topological polar surface area (TPSA) is 52.6 Å². The molecule has 0 N–H and O–H groups in total. The van der Waals surface area contributed by atoms with Crippen molar-refractivity contribution < 1.29 is 19.1 Å². The predicted molar refractivity (Wildman–Crippen MR) is 77.7 cm³/mol. The third-order valence-corrected chi connectivity index (χ3v) is 5.32. The Balaban J connectivity index is 2.18. The zero-order chi connectivity index (χ0) is 15.5. The van der Waals surface area contributed by atoms with Crippen molar-refractivity contribution in [3.63, 3.8) is 0 Å². The first kappa shape index (κ1) is 14.9. The van der Waals surface area contributed by atoms with Crippen LogP contribution in [0.2, 0.25) is 0 Å². The molecule has 2 bridgehead atoms. The summed E-state index contributed by atoms with van der Waals surface area (Å²) in [5.41, 5.74) is 0.653. The number of ether oxygens (including phenoxy) is 2. The maximum Gasteiger partial charge on any atom is 0.225 e. The van der Waals surface area contributed by atoms with E-state index in [4.69, 9.17) is 9.47 Å². The lowest BCUT2D eigenvalue weighted by molar-refractivity contribution is -0.200. The molecule has 1 aliphatic heterocycles. The summed E-state index contributed by atoms with van der Waals surface area (Å²) in [5.74, 6) is -1.27. The Bertz CT molecular complexity index is 537. The Morgan fingerprint density at radius 2 is 1.62 bits per heavy atom. The van der Waals surface area contributed by atoms with Crippen LogP contribution in [0.1, 0.15) is 53.4 Å². The van der Waals surface area contributed by atoms with Gasteiger partial charge < -0.3 is 9.47 Å². The molecule has 0 radical (unpaired) electrons. The van der Waals surface area contributed by atoms with Crippen molar-refractivity contribution in [1.82, 2.24) is 0 Å². The average Bonchev–Trinajstić information content (AvgIpc) is 2.79. The van der Waals surface area contributed by atoms with Gasteiger partial charge in [0, 0.05) is 23.8 Å². The van der Waals surface area contributed by atoms with Crippen LogP contribution < -0.4 is 0 Å². The normalized spacial score (nSPS) is 35.0. The first-order chi connectivity index (χ1) is 9.69. The molecular formula is C17H24O4. The van der Waals surface area contributed by atoms with Crippen LogP contribution in [0.4, 0.5) is 0 Å². The highest BCUT2D eigenvalue weighted by Gasteiger charge is 2.56. The maximum atomic E-state index is 12.8. The molecule has 1 saturated heterocycles. The van der Waals surface area contributed by atoms with Crippen molar-refractivity contribution in [2.75, 3.05) is 13.2 Å². The summed E-state index contributed by atoms with van der Waals surface area (Å²) >= 11 is 0. The molecule has 1 atom stereocenters. The lowest BCUT2D eigenvalue weighted by atomic mass is 9.66. The van der Waals surface area contributed by atoms with Gasteiger partial charge in [-0.1, -0.05) is 26.3 Å². The van der Waals surface area contributed by atoms with Gasteiger partial charge in [0.2, 0.25) is 11.6 Å². The highest BCUT2D eigenvalue weighted by molar-refractivity contribution is 6.45. The Kier molecular flexibility index (Phi) is 3.19. The Hall–Kier alpha value is -1.00. The van der Waals surface area contributed by atoms with Gasteiger partial charge in [0.1, 0.15) is 0 Å². The molecule has 0 amide bonds. The molecule has 1 heterocycles. The van der Waals surface area contributed by atoms with Crippen LogP contribution in [0.25, 0.3) is 0 Å². The quantitative estimate of drug-likeness (QED) is 0.644. The molecule has 1 spiro atoms. The van der Waals surface area contributed by atoms with E-state index in [2.05, 4.69) is 0 Å². The number of hydrogen-bond acceptors (Lipinski definition) is 4. The summed E-state index contributed by atoms with van der Waals surface area (Å²) < 4.78 is 11.9. The molecule has 0 aromatic rings. The molecule has 21 heavy (non-hydrogen) atoms. The number of rotatable bonds is 0. The zero-order valence-corrected chi connectivity index (χ0v) is 13.4. The predicted octanol–water partition coefficient (Wildman–Crippen LogP) is 2.80. The van der Waals surface area contributed by atoms with Crippen molar-refractivity contribution in [3.8, 4) is 0 Å². The van der Waals surface area contributed by atoms with Crippen molar-refractivity contribution in [2.45, 2.75) is 59.2 Å². The number of carbonyl (C=O) groups is 2. The molecular weight excluding hydrogens is 268 g/mol. The number of hydrogen-bond donors (Lipinski definition) is 0. The van der Waals surface area contributed by atoms with Crippen LogP contribution in [-0.2, 0) is 19.1 Å². The van der Waals surface area contributed by atoms with E-state index in [1.807, 2.05) is 27.7 Å². The maximum absolute atomic E-state index is 12.8. The van der Waals surface area contributed by atoms with Crippen LogP contribution in [0, 0.1) is 10.8 Å². The van der Waals surface area contributed by atoms with Gasteiger partial charge >= 0.3 is 0 Å². The Morgan fingerprint density at radius 3 is 2.24 bits per heavy atom. The van der Waals surface area contributed by atoms with E-state index < -0.39 is 16.6 Å². The molecule has 4 heteroatoms. The van der Waals surface area contributed by atoms with Gasteiger partial charge in [-0.2, -0.15) is 0 Å². The van der Waals surface area contributed by atoms with E-state index in [1.165, 1.54) is 0 Å². The number of allylic oxidation sites excluding steroid dienone is 2. The second-order valence-electron chi connectivity index (χ2n) is 7.72. The van der Waals surface area contributed by atoms with Crippen LogP contribution in [0.15, 0.2) is 11.1 Å². The van der Waals surface area contributed by atoms with Gasteiger partial charge in [0.15, 0.2) is 5.79 Å². The minimum atomic E-state index is -0.718. The fraction of sp³-hybridized carbons (Fsp3) is 0.765. The van der Waals surface area contributed by atoms with E-state index >= 15 is 0 Å². The van der Waals surface area contributed by atoms with Crippen LogP contribution >= 0.6 is 0 Å². The third kappa shape index (κ3) is 2.20. The molecule has 2 fully saturated rings. The SMILES string of the molecule is CC1=C2C(=O)C(=O)C(C)(CC1)CC1(CC2(C)C)OCCO1. The monoisotopic (exact) mass is 292 g/mol. The largest absolute Gasteiger partial charge is 0.347 e. The van der Waals surface area contributed by atoms with Crippen LogP contribution in [0.3, 0.4) is 0 Å². The second-order valence-corrected chi connectivity index (χ2v) is 7.72. The molecule has 0 aromatic carbocycles. The summed E-state index contributed by atoms with van der Waals surface area (Å²) in [4.78, 5) is 25.5. The standard InChI is InChI=1S/C17H24O4/c1-11-5-6-16(4)10-17(20-7-8-21-17)9-15(2,3)12(11)13(18)14(16)19/h5-10H2,1-4H3. The summed E-state index contributed by atoms with van der Waals surface area (Å²) in [6.45, 7) is 9.06. The van der Waals surface area contributed by atoms with Crippen molar-refractivity contribution >= 4 is 11.6 Å². The van der Waals surface area contributed by atoms with Gasteiger partial charge in [-0.3, -0.25) is 9.59 Å². The fourth-order valence-corrected chi connectivity index (χ4v) is 4.46. The molecule has 3 aliphatic rings. The van der Waals surface area contributed by atoms with E-state index in [9.17, 15) is 9.59 Å². The van der Waals surface area contributed by atoms with Gasteiger partial charge in [-0.25, -0.2) is 0 Å². The first-order valence-electron chi connectivity index (χ1n) is 7.77. The number of ketones is 2. The van der Waals surface area contributed by atoms with Gasteiger partial charge in [-0.15, -0.1) is 0 Å². The second kappa shape index (κ2) is 4.50. The van der Waals surface area contributed by atoms with E-state index in [1.54, 1.807) is 0 Å². The molecule has 1 unspecified atom stereocenters. The van der Waals surface area contributed by atoms with Crippen molar-refractivity contribution in [3.05, 3.63) is 11.1 Å². The van der Waals surface area contributed by atoms with E-state index in [-0.39, 0.29) is 11.6 Å². The Labute approximate surface area is 125 Å². The minimum Gasteiger partial charge on any atom is -0.347 e. The molecule has 116 valence electrons. The van der Waals surface area contributed by atoms with Crippen LogP contribution in [-0.4, -0.2) is 30.6 Å². The van der Waals surface area contributed by atoms with Crippen molar-refractivity contribution in [2.24, 2.45) is 10.8 Å². The number of fused-ring (bicyclic) bond motifs is 3. The lowest BCUT2D eigenvalue weighted by Crippen LogP contribution is -2.49. The lowest BCUT2D eigenvalue weighted by Gasteiger charge is -2.43. The smallest absolute Gasteiger partial charge is 0.225 e. The van der Waals surface area contributed by atoms with Gasteiger partial charge in [0.25, 0.3) is 0 Å².